The van der Waals surface area contributed by atoms with Crippen molar-refractivity contribution in [2.24, 2.45) is 5.73 Å². The number of carbonyl (C=O) groups is 1. The van der Waals surface area contributed by atoms with Gasteiger partial charge in [0.1, 0.15) is 4.99 Å². The minimum absolute atomic E-state index is 0.0477. The van der Waals surface area contributed by atoms with Crippen LogP contribution in [-0.2, 0) is 11.2 Å². The lowest BCUT2D eigenvalue weighted by molar-refractivity contribution is -0.115. The molecular formula is C13H12N2OS2. The number of nitrogens with one attached hydrogen (secondary N) is 1. The third-order valence-corrected chi connectivity index (χ3v) is 3.34. The number of hydrogen-bond donors (Lipinski definition) is 2. The van der Waals surface area contributed by atoms with Crippen LogP contribution in [0.15, 0.2) is 41.1 Å². The van der Waals surface area contributed by atoms with Gasteiger partial charge >= 0.3 is 0 Å². The first-order chi connectivity index (χ1) is 8.65. The van der Waals surface area contributed by atoms with E-state index in [1.807, 2.05) is 35.0 Å². The number of benzene rings is 1. The molecule has 0 atom stereocenters. The lowest BCUT2D eigenvalue weighted by atomic mass is 10.2. The van der Waals surface area contributed by atoms with Gasteiger partial charge in [-0.15, -0.1) is 0 Å². The molecule has 3 N–H and O–H groups in total. The zero-order valence-electron chi connectivity index (χ0n) is 9.55. The summed E-state index contributed by atoms with van der Waals surface area (Å²) in [5, 5.41) is 6.74. The number of thiophene rings is 1. The Morgan fingerprint density at radius 2 is 2.22 bits per heavy atom. The van der Waals surface area contributed by atoms with Crippen molar-refractivity contribution in [3.63, 3.8) is 0 Å². The molecular weight excluding hydrogens is 264 g/mol. The molecule has 0 fully saturated rings. The van der Waals surface area contributed by atoms with Crippen LogP contribution in [0.2, 0.25) is 0 Å². The van der Waals surface area contributed by atoms with Crippen molar-refractivity contribution in [1.29, 1.82) is 0 Å². The van der Waals surface area contributed by atoms with Crippen LogP contribution in [0.1, 0.15) is 11.1 Å². The number of carbonyl (C=O) groups excluding carboxylic acids is 1. The maximum absolute atomic E-state index is 11.8. The lowest BCUT2D eigenvalue weighted by Gasteiger charge is -2.06. The van der Waals surface area contributed by atoms with Crippen LogP contribution in [-0.4, -0.2) is 10.9 Å². The molecule has 0 aliphatic heterocycles. The van der Waals surface area contributed by atoms with Crippen molar-refractivity contribution in [3.05, 3.63) is 52.2 Å². The van der Waals surface area contributed by atoms with Crippen molar-refractivity contribution >= 4 is 40.1 Å². The van der Waals surface area contributed by atoms with Gasteiger partial charge in [0.25, 0.3) is 0 Å². The Morgan fingerprint density at radius 1 is 1.39 bits per heavy atom. The van der Waals surface area contributed by atoms with E-state index in [1.54, 1.807) is 17.4 Å². The summed E-state index contributed by atoms with van der Waals surface area (Å²) in [6, 6.07) is 9.16. The molecule has 5 heteroatoms. The molecule has 0 saturated carbocycles. The van der Waals surface area contributed by atoms with Gasteiger partial charge in [0.05, 0.1) is 6.42 Å². The van der Waals surface area contributed by atoms with Crippen LogP contribution in [0.4, 0.5) is 5.69 Å². The Hall–Kier alpha value is -1.72. The highest BCUT2D eigenvalue weighted by Crippen LogP contribution is 2.12. The molecule has 2 aromatic rings. The summed E-state index contributed by atoms with van der Waals surface area (Å²) in [4.78, 5) is 12.1. The molecule has 18 heavy (non-hydrogen) atoms. The van der Waals surface area contributed by atoms with E-state index in [2.05, 4.69) is 5.32 Å². The summed E-state index contributed by atoms with van der Waals surface area (Å²) < 4.78 is 0. The average Bonchev–Trinajstić information content (AvgIpc) is 2.82. The first-order valence-corrected chi connectivity index (χ1v) is 6.71. The minimum Gasteiger partial charge on any atom is -0.389 e. The zero-order chi connectivity index (χ0) is 13.0. The largest absolute Gasteiger partial charge is 0.389 e. The predicted octanol–water partition coefficient (Wildman–Crippen LogP) is 2.56. The summed E-state index contributed by atoms with van der Waals surface area (Å²) >= 11 is 6.48. The second-order valence-electron chi connectivity index (χ2n) is 3.80. The van der Waals surface area contributed by atoms with Crippen molar-refractivity contribution < 1.29 is 4.79 Å². The minimum atomic E-state index is -0.0477. The highest BCUT2D eigenvalue weighted by Gasteiger charge is 2.05. The van der Waals surface area contributed by atoms with E-state index in [4.69, 9.17) is 18.0 Å². The van der Waals surface area contributed by atoms with Crippen LogP contribution in [0, 0.1) is 0 Å². The van der Waals surface area contributed by atoms with Crippen LogP contribution in [0.5, 0.6) is 0 Å². The summed E-state index contributed by atoms with van der Waals surface area (Å²) in [7, 11) is 0. The van der Waals surface area contributed by atoms with E-state index in [0.717, 1.165) is 11.1 Å². The normalized spacial score (nSPS) is 10.0. The fourth-order valence-corrected chi connectivity index (χ4v) is 2.33. The van der Waals surface area contributed by atoms with Gasteiger partial charge in [-0.25, -0.2) is 0 Å². The number of hydrogen-bond acceptors (Lipinski definition) is 3. The molecule has 1 amide bonds. The highest BCUT2D eigenvalue weighted by molar-refractivity contribution is 7.80. The maximum Gasteiger partial charge on any atom is 0.228 e. The Bertz CT molecular complexity index is 564. The summed E-state index contributed by atoms with van der Waals surface area (Å²) in [6.45, 7) is 0. The molecule has 0 unspecified atom stereocenters. The van der Waals surface area contributed by atoms with Crippen molar-refractivity contribution in [2.45, 2.75) is 6.42 Å². The van der Waals surface area contributed by atoms with Gasteiger partial charge in [-0.3, -0.25) is 4.79 Å². The highest BCUT2D eigenvalue weighted by atomic mass is 32.1. The summed E-state index contributed by atoms with van der Waals surface area (Å²) in [5.74, 6) is -0.0477. The molecule has 1 heterocycles. The van der Waals surface area contributed by atoms with E-state index in [1.165, 1.54) is 0 Å². The average molecular weight is 276 g/mol. The van der Waals surface area contributed by atoms with E-state index in [-0.39, 0.29) is 5.91 Å². The molecule has 0 saturated heterocycles. The number of rotatable bonds is 4. The lowest BCUT2D eigenvalue weighted by Crippen LogP contribution is -2.15. The first kappa shape index (κ1) is 12.7. The molecule has 0 bridgehead atoms. The summed E-state index contributed by atoms with van der Waals surface area (Å²) in [5.41, 5.74) is 8.02. The number of nitrogens with two attached hydrogens (primary N) is 1. The van der Waals surface area contributed by atoms with Gasteiger partial charge in [0, 0.05) is 11.3 Å². The predicted molar refractivity (Wildman–Crippen MR) is 79.0 cm³/mol. The molecule has 92 valence electrons. The Balaban J connectivity index is 2.03. The maximum atomic E-state index is 11.8. The van der Waals surface area contributed by atoms with Crippen LogP contribution >= 0.6 is 23.6 Å². The second-order valence-corrected chi connectivity index (χ2v) is 5.02. The second kappa shape index (κ2) is 5.75. The van der Waals surface area contributed by atoms with Gasteiger partial charge in [0.15, 0.2) is 0 Å². The van der Waals surface area contributed by atoms with Crippen molar-refractivity contribution in [3.8, 4) is 0 Å². The monoisotopic (exact) mass is 276 g/mol. The van der Waals surface area contributed by atoms with Gasteiger partial charge in [0.2, 0.25) is 5.91 Å². The van der Waals surface area contributed by atoms with Crippen LogP contribution < -0.4 is 11.1 Å². The third-order valence-electron chi connectivity index (χ3n) is 2.38. The van der Waals surface area contributed by atoms with Gasteiger partial charge in [-0.2, -0.15) is 11.3 Å². The molecule has 0 radical (unpaired) electrons. The molecule has 1 aromatic heterocycles. The first-order valence-electron chi connectivity index (χ1n) is 5.36. The number of anilines is 1. The Kier molecular flexibility index (Phi) is 4.07. The Morgan fingerprint density at radius 3 is 2.89 bits per heavy atom. The van der Waals surface area contributed by atoms with Crippen molar-refractivity contribution in [2.75, 3.05) is 5.32 Å². The van der Waals surface area contributed by atoms with E-state index in [0.29, 0.717) is 17.1 Å². The Labute approximate surface area is 115 Å². The quantitative estimate of drug-likeness (QED) is 0.844. The molecule has 2 rings (SSSR count). The third kappa shape index (κ3) is 3.38. The van der Waals surface area contributed by atoms with E-state index >= 15 is 0 Å². The summed E-state index contributed by atoms with van der Waals surface area (Å²) in [6.07, 6.45) is 0.376. The van der Waals surface area contributed by atoms with Gasteiger partial charge in [-0.05, 0) is 34.5 Å². The van der Waals surface area contributed by atoms with Gasteiger partial charge < -0.3 is 11.1 Å². The standard InChI is InChI=1S/C13H12N2OS2/c14-13(17)10-2-1-3-11(7-10)15-12(16)6-9-4-5-18-8-9/h1-5,7-8H,6H2,(H2,14,17)(H,15,16). The topological polar surface area (TPSA) is 55.1 Å². The fraction of sp³-hybridized carbons (Fsp3) is 0.0769. The van der Waals surface area contributed by atoms with Crippen LogP contribution in [0.25, 0.3) is 0 Å². The molecule has 0 spiro atoms. The number of amides is 1. The van der Waals surface area contributed by atoms with Crippen LogP contribution in [0.3, 0.4) is 0 Å². The van der Waals surface area contributed by atoms with Crippen molar-refractivity contribution in [1.82, 2.24) is 0 Å². The fourth-order valence-electron chi connectivity index (χ4n) is 1.53. The molecule has 3 nitrogen and oxygen atoms in total. The zero-order valence-corrected chi connectivity index (χ0v) is 11.2. The van der Waals surface area contributed by atoms with E-state index in [9.17, 15) is 4.79 Å². The molecule has 0 aliphatic rings. The number of thiocarbonyl (C=S) groups is 1. The van der Waals surface area contributed by atoms with Gasteiger partial charge in [-0.1, -0.05) is 24.4 Å². The molecule has 1 aromatic carbocycles. The van der Waals surface area contributed by atoms with E-state index < -0.39 is 0 Å². The smallest absolute Gasteiger partial charge is 0.228 e. The molecule has 0 aliphatic carbocycles. The SMILES string of the molecule is NC(=S)c1cccc(NC(=O)Cc2ccsc2)c1.